The van der Waals surface area contributed by atoms with Gasteiger partial charge in [-0.2, -0.15) is 15.8 Å². The number of hydrogen-bond donors (Lipinski definition) is 2. The Hall–Kier alpha value is -1.30. The molecule has 1 aliphatic heterocycles. The molecule has 0 bridgehead atoms. The van der Waals surface area contributed by atoms with Gasteiger partial charge >= 0.3 is 0 Å². The maximum absolute atomic E-state index is 10.8. The predicted octanol–water partition coefficient (Wildman–Crippen LogP) is 1.92. The van der Waals surface area contributed by atoms with Crippen molar-refractivity contribution in [1.82, 2.24) is 5.32 Å². The molecule has 0 aromatic carbocycles. The first-order valence-electron chi connectivity index (χ1n) is 6.08. The molecule has 1 aliphatic carbocycles. The van der Waals surface area contributed by atoms with Crippen LogP contribution < -0.4 is 5.32 Å². The number of allylic oxidation sites excluding steroid dienone is 1. The number of fused-ring (bicyclic) bond motifs is 1. The number of hydrogen-bond acceptors (Lipinski definition) is 5. The Labute approximate surface area is 125 Å². The lowest BCUT2D eigenvalue weighted by molar-refractivity contribution is -0.115. The Morgan fingerprint density at radius 3 is 2.53 bits per heavy atom. The number of nitriles is 3. The predicted molar refractivity (Wildman–Crippen MR) is 74.9 cm³/mol. The molecule has 3 atom stereocenters. The zero-order chi connectivity index (χ0) is 14.3. The van der Waals surface area contributed by atoms with Crippen LogP contribution in [0, 0.1) is 51.2 Å². The van der Waals surface area contributed by atoms with Gasteiger partial charge in [0.2, 0.25) is 0 Å². The van der Waals surface area contributed by atoms with E-state index < -0.39 is 17.1 Å². The molecule has 0 saturated heterocycles. The number of rotatable bonds is 0. The van der Waals surface area contributed by atoms with E-state index >= 15 is 0 Å². The molecule has 2 N–H and O–H groups in total. The molecule has 1 fully saturated rings. The van der Waals surface area contributed by atoms with Crippen molar-refractivity contribution in [3.8, 4) is 18.2 Å². The summed E-state index contributed by atoms with van der Waals surface area (Å²) in [6, 6.07) is 5.98. The molecule has 0 radical (unpaired) electrons. The Bertz CT molecular complexity index is 551. The van der Waals surface area contributed by atoms with Crippen molar-refractivity contribution < 1.29 is 5.11 Å². The highest BCUT2D eigenvalue weighted by atomic mass is 127. The number of nitrogens with zero attached hydrogens (tertiary/aromatic N) is 3. The van der Waals surface area contributed by atoms with Crippen molar-refractivity contribution in [3.05, 3.63) is 9.28 Å². The minimum atomic E-state index is -1.56. The topological polar surface area (TPSA) is 104 Å². The van der Waals surface area contributed by atoms with Crippen LogP contribution in [0.4, 0.5) is 0 Å². The van der Waals surface area contributed by atoms with Gasteiger partial charge in [0.15, 0.2) is 5.41 Å². The van der Waals surface area contributed by atoms with E-state index in [0.717, 1.165) is 12.8 Å². The molecule has 2 aliphatic rings. The summed E-state index contributed by atoms with van der Waals surface area (Å²) in [6.07, 6.45) is 2.16. The molecule has 6 heteroatoms. The molecule has 5 nitrogen and oxygen atoms in total. The average molecular weight is 368 g/mol. The molecule has 19 heavy (non-hydrogen) atoms. The molecule has 98 valence electrons. The summed E-state index contributed by atoms with van der Waals surface area (Å²) in [5.74, 6) is -0.588. The van der Waals surface area contributed by atoms with E-state index in [4.69, 9.17) is 0 Å². The van der Waals surface area contributed by atoms with Crippen LogP contribution >= 0.6 is 22.6 Å². The summed E-state index contributed by atoms with van der Waals surface area (Å²) < 4.78 is 0.399. The number of halogens is 1. The maximum Gasteiger partial charge on any atom is 0.188 e. The van der Waals surface area contributed by atoms with Gasteiger partial charge in [-0.05, 0) is 47.8 Å². The summed E-state index contributed by atoms with van der Waals surface area (Å²) in [7, 11) is 0. The van der Waals surface area contributed by atoms with Gasteiger partial charge in [0.05, 0.1) is 21.4 Å². The summed E-state index contributed by atoms with van der Waals surface area (Å²) in [6.45, 7) is 1.92. The van der Waals surface area contributed by atoms with Gasteiger partial charge in [0.1, 0.15) is 11.8 Å². The minimum absolute atomic E-state index is 0.00148. The SMILES string of the molecule is CC1CCCC2(O)NC(I)=C(C#N)C(C#N)(C#N)C12. The fraction of sp³-hybridized carbons (Fsp3) is 0.615. The van der Waals surface area contributed by atoms with Crippen molar-refractivity contribution in [1.29, 1.82) is 15.8 Å². The van der Waals surface area contributed by atoms with Gasteiger partial charge in [0, 0.05) is 5.92 Å². The third kappa shape index (κ3) is 1.81. The van der Waals surface area contributed by atoms with Crippen molar-refractivity contribution in [2.24, 2.45) is 17.3 Å². The molecule has 0 spiro atoms. The van der Waals surface area contributed by atoms with Crippen LogP contribution in [-0.4, -0.2) is 10.8 Å². The lowest BCUT2D eigenvalue weighted by atomic mass is 9.57. The van der Waals surface area contributed by atoms with E-state index in [1.807, 2.05) is 47.7 Å². The summed E-state index contributed by atoms with van der Waals surface area (Å²) >= 11 is 1.88. The molecule has 0 aromatic rings. The van der Waals surface area contributed by atoms with Crippen LogP contribution in [0.1, 0.15) is 26.2 Å². The summed E-state index contributed by atoms with van der Waals surface area (Å²) in [4.78, 5) is 0. The monoisotopic (exact) mass is 368 g/mol. The van der Waals surface area contributed by atoms with Gasteiger partial charge in [-0.3, -0.25) is 0 Å². The minimum Gasteiger partial charge on any atom is -0.371 e. The van der Waals surface area contributed by atoms with Crippen molar-refractivity contribution >= 4 is 22.6 Å². The van der Waals surface area contributed by atoms with E-state index in [0.29, 0.717) is 10.1 Å². The normalized spacial score (nSPS) is 36.2. The van der Waals surface area contributed by atoms with E-state index in [1.54, 1.807) is 0 Å². The highest BCUT2D eigenvalue weighted by Gasteiger charge is 2.61. The van der Waals surface area contributed by atoms with E-state index in [1.165, 1.54) is 0 Å². The highest BCUT2D eigenvalue weighted by molar-refractivity contribution is 14.1. The first-order chi connectivity index (χ1) is 8.95. The number of aliphatic hydroxyl groups is 1. The molecule has 0 amide bonds. The highest BCUT2D eigenvalue weighted by Crippen LogP contribution is 2.53. The fourth-order valence-corrected chi connectivity index (χ4v) is 4.42. The van der Waals surface area contributed by atoms with Crippen LogP contribution in [0.25, 0.3) is 0 Å². The van der Waals surface area contributed by atoms with Gasteiger partial charge in [-0.1, -0.05) is 6.92 Å². The standard InChI is InChI=1S/C13H13IN4O/c1-8-3-2-4-13(19)10(8)12(6-16,7-17)9(5-15)11(14)18-13/h8,10,18-19H,2-4H2,1H3. The first-order valence-corrected chi connectivity index (χ1v) is 7.16. The Kier molecular flexibility index (Phi) is 3.47. The van der Waals surface area contributed by atoms with Crippen molar-refractivity contribution in [3.63, 3.8) is 0 Å². The molecular formula is C13H13IN4O. The second-order valence-electron chi connectivity index (χ2n) is 5.23. The Morgan fingerprint density at radius 2 is 2.00 bits per heavy atom. The van der Waals surface area contributed by atoms with Gasteiger partial charge in [-0.25, -0.2) is 0 Å². The smallest absolute Gasteiger partial charge is 0.188 e. The average Bonchev–Trinajstić information content (AvgIpc) is 2.36. The molecule has 2 rings (SSSR count). The molecule has 1 saturated carbocycles. The summed E-state index contributed by atoms with van der Waals surface area (Å²) in [5, 5.41) is 42.1. The van der Waals surface area contributed by atoms with E-state index in [2.05, 4.69) is 5.32 Å². The van der Waals surface area contributed by atoms with Crippen LogP contribution in [0.3, 0.4) is 0 Å². The zero-order valence-electron chi connectivity index (χ0n) is 10.4. The van der Waals surface area contributed by atoms with E-state index in [-0.39, 0.29) is 11.5 Å². The lowest BCUT2D eigenvalue weighted by Gasteiger charge is -2.51. The Morgan fingerprint density at radius 1 is 1.37 bits per heavy atom. The van der Waals surface area contributed by atoms with Gasteiger partial charge in [0.25, 0.3) is 0 Å². The fourth-order valence-electron chi connectivity index (χ4n) is 3.41. The van der Waals surface area contributed by atoms with Gasteiger partial charge in [-0.15, -0.1) is 0 Å². The van der Waals surface area contributed by atoms with Crippen molar-refractivity contribution in [2.45, 2.75) is 31.9 Å². The third-order valence-electron chi connectivity index (χ3n) is 4.17. The molecule has 1 heterocycles. The third-order valence-corrected chi connectivity index (χ3v) is 4.98. The van der Waals surface area contributed by atoms with Crippen LogP contribution in [0.15, 0.2) is 9.28 Å². The summed E-state index contributed by atoms with van der Waals surface area (Å²) in [5.41, 5.74) is -2.72. The van der Waals surface area contributed by atoms with E-state index in [9.17, 15) is 20.9 Å². The number of nitrogens with one attached hydrogen (secondary N) is 1. The quantitative estimate of drug-likeness (QED) is 0.502. The van der Waals surface area contributed by atoms with Crippen LogP contribution in [0.2, 0.25) is 0 Å². The lowest BCUT2D eigenvalue weighted by Crippen LogP contribution is -2.63. The second-order valence-corrected chi connectivity index (χ2v) is 6.31. The Balaban J connectivity index is 2.72. The van der Waals surface area contributed by atoms with Gasteiger partial charge < -0.3 is 10.4 Å². The largest absolute Gasteiger partial charge is 0.371 e. The van der Waals surface area contributed by atoms with Crippen molar-refractivity contribution in [2.75, 3.05) is 0 Å². The van der Waals surface area contributed by atoms with Crippen LogP contribution in [0.5, 0.6) is 0 Å². The molecule has 0 aromatic heterocycles. The molecule has 3 unspecified atom stereocenters. The molecular weight excluding hydrogens is 355 g/mol. The maximum atomic E-state index is 10.8. The second kappa shape index (κ2) is 4.67. The zero-order valence-corrected chi connectivity index (χ0v) is 12.6. The first kappa shape index (κ1) is 14.1. The van der Waals surface area contributed by atoms with Crippen LogP contribution in [-0.2, 0) is 0 Å².